The number of rotatable bonds is 4. The number of hydrogen-bond donors (Lipinski definition) is 1. The Bertz CT molecular complexity index is 712. The maximum Gasteiger partial charge on any atom is 0.228 e. The maximum absolute atomic E-state index is 12.3. The van der Waals surface area contributed by atoms with Gasteiger partial charge in [-0.1, -0.05) is 41.4 Å². The van der Waals surface area contributed by atoms with Gasteiger partial charge in [0.2, 0.25) is 5.91 Å². The van der Waals surface area contributed by atoms with Crippen LogP contribution in [0.4, 0.5) is 5.69 Å². The van der Waals surface area contributed by atoms with Crippen LogP contribution in [0.15, 0.2) is 42.5 Å². The van der Waals surface area contributed by atoms with Gasteiger partial charge in [-0.25, -0.2) is 0 Å². The highest BCUT2D eigenvalue weighted by Crippen LogP contribution is 2.44. The minimum atomic E-state index is -0.119. The number of hydrogen-bond acceptors (Lipinski definition) is 3. The van der Waals surface area contributed by atoms with E-state index < -0.39 is 0 Å². The third-order valence-electron chi connectivity index (χ3n) is 3.67. The van der Waals surface area contributed by atoms with E-state index in [0.29, 0.717) is 20.2 Å². The smallest absolute Gasteiger partial charge is 0.228 e. The molecule has 0 saturated carbocycles. The molecule has 0 radical (unpaired) electrons. The Morgan fingerprint density at radius 3 is 2.46 bits per heavy atom. The summed E-state index contributed by atoms with van der Waals surface area (Å²) < 4.78 is 0.452. The standard InChI is InChI=1S/C18H17Cl2NOS2/c19-15-6-2-7-16(20)14(15)11-17(22)21-13-5-1-4-12(10-13)18-23-8-3-9-24-18/h1-2,4-7,10,18H,3,8-9,11H2,(H,21,22). The molecule has 0 atom stereocenters. The van der Waals surface area contributed by atoms with E-state index in [1.165, 1.54) is 23.5 Å². The van der Waals surface area contributed by atoms with Gasteiger partial charge in [0.25, 0.3) is 0 Å². The minimum Gasteiger partial charge on any atom is -0.326 e. The number of carbonyl (C=O) groups excluding carboxylic acids is 1. The summed E-state index contributed by atoms with van der Waals surface area (Å²) in [6, 6.07) is 13.3. The van der Waals surface area contributed by atoms with Gasteiger partial charge in [0.05, 0.1) is 11.0 Å². The van der Waals surface area contributed by atoms with Crippen LogP contribution in [-0.2, 0) is 11.2 Å². The summed E-state index contributed by atoms with van der Waals surface area (Å²) in [7, 11) is 0. The van der Waals surface area contributed by atoms with Crippen molar-refractivity contribution >= 4 is 58.3 Å². The zero-order chi connectivity index (χ0) is 16.9. The fraction of sp³-hybridized carbons (Fsp3) is 0.278. The van der Waals surface area contributed by atoms with Gasteiger partial charge in [-0.05, 0) is 53.3 Å². The Labute approximate surface area is 160 Å². The summed E-state index contributed by atoms with van der Waals surface area (Å²) in [5, 5.41) is 3.98. The van der Waals surface area contributed by atoms with Gasteiger partial charge in [-0.2, -0.15) is 0 Å². The van der Waals surface area contributed by atoms with Crippen molar-refractivity contribution in [2.45, 2.75) is 17.4 Å². The van der Waals surface area contributed by atoms with Gasteiger partial charge in [0.15, 0.2) is 0 Å². The first-order valence-corrected chi connectivity index (χ1v) is 10.5. The van der Waals surface area contributed by atoms with E-state index in [4.69, 9.17) is 23.2 Å². The van der Waals surface area contributed by atoms with Crippen molar-refractivity contribution in [1.29, 1.82) is 0 Å². The molecule has 0 spiro atoms. The fourth-order valence-electron chi connectivity index (χ4n) is 2.51. The van der Waals surface area contributed by atoms with E-state index in [1.807, 2.05) is 35.7 Å². The number of carbonyl (C=O) groups is 1. The van der Waals surface area contributed by atoms with E-state index in [1.54, 1.807) is 18.2 Å². The molecule has 1 heterocycles. The van der Waals surface area contributed by atoms with E-state index >= 15 is 0 Å². The first-order chi connectivity index (χ1) is 11.6. The number of benzene rings is 2. The van der Waals surface area contributed by atoms with Crippen molar-refractivity contribution in [2.24, 2.45) is 0 Å². The quantitative estimate of drug-likeness (QED) is 0.681. The van der Waals surface area contributed by atoms with Crippen LogP contribution in [0, 0.1) is 0 Å². The molecule has 1 aliphatic heterocycles. The Hall–Kier alpha value is -0.810. The molecule has 2 aromatic carbocycles. The predicted molar refractivity (Wildman–Crippen MR) is 108 cm³/mol. The van der Waals surface area contributed by atoms with Crippen LogP contribution in [0.3, 0.4) is 0 Å². The largest absolute Gasteiger partial charge is 0.326 e. The summed E-state index contributed by atoms with van der Waals surface area (Å²) in [6.45, 7) is 0. The third kappa shape index (κ3) is 4.63. The van der Waals surface area contributed by atoms with Gasteiger partial charge >= 0.3 is 0 Å². The van der Waals surface area contributed by atoms with Crippen molar-refractivity contribution in [3.8, 4) is 0 Å². The second kappa shape index (κ2) is 8.52. The van der Waals surface area contributed by atoms with Crippen LogP contribution in [0.2, 0.25) is 10.0 Å². The van der Waals surface area contributed by atoms with Crippen LogP contribution >= 0.6 is 46.7 Å². The first-order valence-electron chi connectivity index (χ1n) is 7.69. The summed E-state index contributed by atoms with van der Waals surface area (Å²) >= 11 is 16.2. The number of nitrogens with one attached hydrogen (secondary N) is 1. The molecule has 24 heavy (non-hydrogen) atoms. The lowest BCUT2D eigenvalue weighted by Crippen LogP contribution is -2.15. The molecule has 1 N–H and O–H groups in total. The van der Waals surface area contributed by atoms with Crippen molar-refractivity contribution in [1.82, 2.24) is 0 Å². The van der Waals surface area contributed by atoms with Crippen LogP contribution < -0.4 is 5.32 Å². The van der Waals surface area contributed by atoms with Crippen molar-refractivity contribution in [3.63, 3.8) is 0 Å². The summed E-state index contributed by atoms with van der Waals surface area (Å²) in [6.07, 6.45) is 1.43. The zero-order valence-corrected chi connectivity index (χ0v) is 16.1. The second-order valence-electron chi connectivity index (χ2n) is 5.48. The van der Waals surface area contributed by atoms with Crippen molar-refractivity contribution < 1.29 is 4.79 Å². The van der Waals surface area contributed by atoms with E-state index in [2.05, 4.69) is 17.4 Å². The molecule has 1 aliphatic rings. The molecule has 0 unspecified atom stereocenters. The van der Waals surface area contributed by atoms with Crippen LogP contribution in [0.5, 0.6) is 0 Å². The molecule has 6 heteroatoms. The minimum absolute atomic E-state index is 0.119. The SMILES string of the molecule is O=C(Cc1c(Cl)cccc1Cl)Nc1cccc(C2SCCCS2)c1. The summed E-state index contributed by atoms with van der Waals surface area (Å²) in [4.78, 5) is 12.3. The fourth-order valence-corrected chi connectivity index (χ4v) is 5.91. The second-order valence-corrected chi connectivity index (χ2v) is 9.02. The lowest BCUT2D eigenvalue weighted by molar-refractivity contribution is -0.115. The lowest BCUT2D eigenvalue weighted by atomic mass is 10.1. The Kier molecular flexibility index (Phi) is 6.39. The average Bonchev–Trinajstić information content (AvgIpc) is 2.59. The first kappa shape index (κ1) is 18.0. The van der Waals surface area contributed by atoms with Crippen LogP contribution in [-0.4, -0.2) is 17.4 Å². The molecule has 1 amide bonds. The maximum atomic E-state index is 12.3. The highest BCUT2D eigenvalue weighted by Gasteiger charge is 2.17. The Balaban J connectivity index is 1.68. The average molecular weight is 398 g/mol. The third-order valence-corrected chi connectivity index (χ3v) is 7.39. The summed E-state index contributed by atoms with van der Waals surface area (Å²) in [5.41, 5.74) is 2.72. The van der Waals surface area contributed by atoms with Gasteiger partial charge in [-0.3, -0.25) is 4.79 Å². The Morgan fingerprint density at radius 1 is 1.08 bits per heavy atom. The molecule has 2 nitrogen and oxygen atoms in total. The van der Waals surface area contributed by atoms with Crippen molar-refractivity contribution in [3.05, 3.63) is 63.6 Å². The van der Waals surface area contributed by atoms with Crippen molar-refractivity contribution in [2.75, 3.05) is 16.8 Å². The van der Waals surface area contributed by atoms with Gasteiger partial charge in [-0.15, -0.1) is 23.5 Å². The topological polar surface area (TPSA) is 29.1 Å². The number of amides is 1. The molecular weight excluding hydrogens is 381 g/mol. The lowest BCUT2D eigenvalue weighted by Gasteiger charge is -2.21. The van der Waals surface area contributed by atoms with Crippen LogP contribution in [0.1, 0.15) is 22.1 Å². The highest BCUT2D eigenvalue weighted by atomic mass is 35.5. The molecule has 1 saturated heterocycles. The van der Waals surface area contributed by atoms with E-state index in [0.717, 1.165) is 5.69 Å². The molecule has 3 rings (SSSR count). The molecule has 0 aromatic heterocycles. The Morgan fingerprint density at radius 2 is 1.75 bits per heavy atom. The molecule has 0 bridgehead atoms. The van der Waals surface area contributed by atoms with Gasteiger partial charge in [0, 0.05) is 15.7 Å². The monoisotopic (exact) mass is 397 g/mol. The van der Waals surface area contributed by atoms with Gasteiger partial charge < -0.3 is 5.32 Å². The van der Waals surface area contributed by atoms with E-state index in [9.17, 15) is 4.79 Å². The van der Waals surface area contributed by atoms with Crippen LogP contribution in [0.25, 0.3) is 0 Å². The predicted octanol–water partition coefficient (Wildman–Crippen LogP) is 6.04. The van der Waals surface area contributed by atoms with Gasteiger partial charge in [0.1, 0.15) is 0 Å². The normalized spacial score (nSPS) is 15.2. The number of anilines is 1. The number of halogens is 2. The zero-order valence-electron chi connectivity index (χ0n) is 12.9. The molecule has 126 valence electrons. The summed E-state index contributed by atoms with van der Waals surface area (Å²) in [5.74, 6) is 2.27. The van der Waals surface area contributed by atoms with E-state index in [-0.39, 0.29) is 12.3 Å². The molecule has 0 aliphatic carbocycles. The number of thioether (sulfide) groups is 2. The highest BCUT2D eigenvalue weighted by molar-refractivity contribution is 8.16. The molecule has 2 aromatic rings. The molecule has 1 fully saturated rings. The molecular formula is C18H17Cl2NOS2.